The molecule has 1 N–H and O–H groups in total. The number of amides is 2. The van der Waals surface area contributed by atoms with Crippen molar-refractivity contribution in [2.75, 3.05) is 4.90 Å². The molecule has 1 atom stereocenters. The highest BCUT2D eigenvalue weighted by atomic mass is 32.1. The second kappa shape index (κ2) is 11.0. The van der Waals surface area contributed by atoms with Gasteiger partial charge in [0.15, 0.2) is 0 Å². The normalized spacial score (nSPS) is 15.1. The molecule has 1 aliphatic rings. The van der Waals surface area contributed by atoms with Gasteiger partial charge in [0.1, 0.15) is 6.04 Å². The summed E-state index contributed by atoms with van der Waals surface area (Å²) in [4.78, 5) is 30.4. The lowest BCUT2D eigenvalue weighted by Crippen LogP contribution is -2.47. The lowest BCUT2D eigenvalue weighted by Gasteiger charge is -2.33. The molecule has 180 valence electrons. The standard InChI is InChI=1S/C27H34N4O2S/c1-4-20-12-14-22(15-13-20)31(25(32)17-23-11-8-16-34-23)26(24-18-30(3)29-19(24)2)27(33)28-21-9-6-5-7-10-21/h8,11-16,18,21,26H,4-7,9-10,17H2,1-3H3,(H,28,33)/t26-/m0/s1. The van der Waals surface area contributed by atoms with Crippen molar-refractivity contribution in [2.24, 2.45) is 7.05 Å². The second-order valence-corrected chi connectivity index (χ2v) is 10.2. The van der Waals surface area contributed by atoms with Gasteiger partial charge < -0.3 is 5.32 Å². The molecule has 1 saturated carbocycles. The number of carbonyl (C=O) groups excluding carboxylic acids is 2. The summed E-state index contributed by atoms with van der Waals surface area (Å²) in [6.07, 6.45) is 8.47. The molecular formula is C27H34N4O2S. The minimum absolute atomic E-state index is 0.0984. The average Bonchev–Trinajstić information content (AvgIpc) is 3.46. The Labute approximate surface area is 206 Å². The van der Waals surface area contributed by atoms with E-state index in [0.29, 0.717) is 0 Å². The first-order valence-electron chi connectivity index (χ1n) is 12.2. The summed E-state index contributed by atoms with van der Waals surface area (Å²) in [5.41, 5.74) is 3.43. The Morgan fingerprint density at radius 3 is 2.50 bits per heavy atom. The van der Waals surface area contributed by atoms with Crippen molar-refractivity contribution in [1.29, 1.82) is 0 Å². The van der Waals surface area contributed by atoms with Gasteiger partial charge >= 0.3 is 0 Å². The van der Waals surface area contributed by atoms with Crippen molar-refractivity contribution < 1.29 is 9.59 Å². The van der Waals surface area contributed by atoms with Crippen LogP contribution in [0.4, 0.5) is 5.69 Å². The maximum Gasteiger partial charge on any atom is 0.248 e. The summed E-state index contributed by atoms with van der Waals surface area (Å²) in [6, 6.07) is 11.3. The van der Waals surface area contributed by atoms with E-state index in [2.05, 4.69) is 17.3 Å². The first-order chi connectivity index (χ1) is 16.5. The highest BCUT2D eigenvalue weighted by molar-refractivity contribution is 7.10. The van der Waals surface area contributed by atoms with Crippen LogP contribution in [0.5, 0.6) is 0 Å². The summed E-state index contributed by atoms with van der Waals surface area (Å²) < 4.78 is 1.72. The highest BCUT2D eigenvalue weighted by Gasteiger charge is 2.36. The Morgan fingerprint density at radius 2 is 1.91 bits per heavy atom. The summed E-state index contributed by atoms with van der Waals surface area (Å²) in [5.74, 6) is -0.235. The molecule has 0 spiro atoms. The molecule has 1 aliphatic carbocycles. The average molecular weight is 479 g/mol. The molecule has 2 amide bonds. The number of thiophene rings is 1. The zero-order valence-electron chi connectivity index (χ0n) is 20.3. The fourth-order valence-corrected chi connectivity index (χ4v) is 5.48. The third-order valence-corrected chi connectivity index (χ3v) is 7.48. The van der Waals surface area contributed by atoms with Crippen LogP contribution in [0.3, 0.4) is 0 Å². The van der Waals surface area contributed by atoms with Crippen LogP contribution in [-0.4, -0.2) is 27.6 Å². The first-order valence-corrected chi connectivity index (χ1v) is 13.1. The molecule has 0 bridgehead atoms. The summed E-state index contributed by atoms with van der Waals surface area (Å²) in [6.45, 7) is 4.01. The van der Waals surface area contributed by atoms with Crippen molar-refractivity contribution in [1.82, 2.24) is 15.1 Å². The largest absolute Gasteiger partial charge is 0.351 e. The number of aromatic nitrogens is 2. The smallest absolute Gasteiger partial charge is 0.248 e. The quantitative estimate of drug-likeness (QED) is 0.489. The fourth-order valence-electron chi connectivity index (χ4n) is 4.79. The molecule has 6 nitrogen and oxygen atoms in total. The summed E-state index contributed by atoms with van der Waals surface area (Å²) >= 11 is 1.56. The number of anilines is 1. The van der Waals surface area contributed by atoms with E-state index in [1.165, 1.54) is 12.0 Å². The maximum absolute atomic E-state index is 13.9. The molecule has 7 heteroatoms. The Hall–Kier alpha value is -2.93. The Kier molecular flexibility index (Phi) is 7.83. The molecule has 2 heterocycles. The minimum Gasteiger partial charge on any atom is -0.351 e. The molecule has 4 rings (SSSR count). The first kappa shape index (κ1) is 24.2. The van der Waals surface area contributed by atoms with E-state index in [4.69, 9.17) is 0 Å². The van der Waals surface area contributed by atoms with Gasteiger partial charge in [-0.2, -0.15) is 5.10 Å². The summed E-state index contributed by atoms with van der Waals surface area (Å²) in [5, 5.41) is 9.75. The third kappa shape index (κ3) is 5.58. The van der Waals surface area contributed by atoms with Gasteiger partial charge in [-0.25, -0.2) is 0 Å². The molecule has 1 fully saturated rings. The molecule has 34 heavy (non-hydrogen) atoms. The zero-order chi connectivity index (χ0) is 24.1. The number of hydrogen-bond donors (Lipinski definition) is 1. The SMILES string of the molecule is CCc1ccc(N(C(=O)Cc2cccs2)[C@H](C(=O)NC2CCCCC2)c2cn(C)nc2C)cc1. The minimum atomic E-state index is -0.782. The molecule has 0 radical (unpaired) electrons. The Morgan fingerprint density at radius 1 is 1.18 bits per heavy atom. The van der Waals surface area contributed by atoms with Crippen LogP contribution in [0.15, 0.2) is 48.0 Å². The number of nitrogens with zero attached hydrogens (tertiary/aromatic N) is 3. The van der Waals surface area contributed by atoms with Gasteiger partial charge in [0.25, 0.3) is 0 Å². The van der Waals surface area contributed by atoms with E-state index in [-0.39, 0.29) is 24.3 Å². The molecular weight excluding hydrogens is 444 g/mol. The van der Waals surface area contributed by atoms with Crippen LogP contribution in [0.1, 0.15) is 66.8 Å². The van der Waals surface area contributed by atoms with E-state index in [0.717, 1.165) is 53.9 Å². The van der Waals surface area contributed by atoms with Crippen LogP contribution < -0.4 is 10.2 Å². The van der Waals surface area contributed by atoms with E-state index < -0.39 is 6.04 Å². The van der Waals surface area contributed by atoms with Crippen molar-refractivity contribution in [3.8, 4) is 0 Å². The predicted octanol–water partition coefficient (Wildman–Crippen LogP) is 5.12. The number of hydrogen-bond acceptors (Lipinski definition) is 4. The van der Waals surface area contributed by atoms with Crippen molar-refractivity contribution in [3.63, 3.8) is 0 Å². The number of rotatable bonds is 8. The van der Waals surface area contributed by atoms with Crippen LogP contribution in [0.25, 0.3) is 0 Å². The van der Waals surface area contributed by atoms with Gasteiger partial charge in [0.2, 0.25) is 11.8 Å². The van der Waals surface area contributed by atoms with E-state index >= 15 is 0 Å². The number of nitrogens with one attached hydrogen (secondary N) is 1. The third-order valence-electron chi connectivity index (χ3n) is 6.60. The fraction of sp³-hybridized carbons (Fsp3) is 0.444. The molecule has 0 aliphatic heterocycles. The van der Waals surface area contributed by atoms with Gasteiger partial charge in [0, 0.05) is 35.4 Å². The van der Waals surface area contributed by atoms with Crippen LogP contribution in [0, 0.1) is 6.92 Å². The van der Waals surface area contributed by atoms with Gasteiger partial charge in [-0.05, 0) is 55.3 Å². The van der Waals surface area contributed by atoms with Crippen LogP contribution in [0.2, 0.25) is 0 Å². The van der Waals surface area contributed by atoms with Gasteiger partial charge in [-0.15, -0.1) is 11.3 Å². The molecule has 2 aromatic heterocycles. The van der Waals surface area contributed by atoms with E-state index in [1.54, 1.807) is 20.9 Å². The molecule has 0 unspecified atom stereocenters. The highest BCUT2D eigenvalue weighted by Crippen LogP contribution is 2.32. The molecule has 1 aromatic carbocycles. The predicted molar refractivity (Wildman–Crippen MR) is 137 cm³/mol. The Bertz CT molecular complexity index is 1100. The zero-order valence-corrected chi connectivity index (χ0v) is 21.1. The lowest BCUT2D eigenvalue weighted by atomic mass is 9.94. The van der Waals surface area contributed by atoms with E-state index in [1.807, 2.05) is 61.9 Å². The van der Waals surface area contributed by atoms with Crippen molar-refractivity contribution >= 4 is 28.8 Å². The van der Waals surface area contributed by atoms with Gasteiger partial charge in [-0.3, -0.25) is 19.2 Å². The lowest BCUT2D eigenvalue weighted by molar-refractivity contribution is -0.127. The van der Waals surface area contributed by atoms with Crippen molar-refractivity contribution in [2.45, 2.75) is 70.9 Å². The van der Waals surface area contributed by atoms with Gasteiger partial charge in [-0.1, -0.05) is 44.4 Å². The van der Waals surface area contributed by atoms with Crippen LogP contribution >= 0.6 is 11.3 Å². The van der Waals surface area contributed by atoms with Gasteiger partial charge in [0.05, 0.1) is 12.1 Å². The topological polar surface area (TPSA) is 67.2 Å². The van der Waals surface area contributed by atoms with Crippen LogP contribution in [-0.2, 0) is 29.5 Å². The molecule has 0 saturated heterocycles. The second-order valence-electron chi connectivity index (χ2n) is 9.13. The number of carbonyl (C=O) groups is 2. The monoisotopic (exact) mass is 478 g/mol. The maximum atomic E-state index is 13.9. The van der Waals surface area contributed by atoms with E-state index in [9.17, 15) is 9.59 Å². The number of aryl methyl sites for hydroxylation is 3. The summed E-state index contributed by atoms with van der Waals surface area (Å²) in [7, 11) is 1.85. The number of benzene rings is 1. The van der Waals surface area contributed by atoms with Crippen molar-refractivity contribution in [3.05, 3.63) is 69.7 Å². The molecule has 3 aromatic rings. The Balaban J connectivity index is 1.75.